The fourth-order valence-electron chi connectivity index (χ4n) is 1.68. The molecule has 2 N–H and O–H groups in total. The van der Waals surface area contributed by atoms with Crippen molar-refractivity contribution in [2.75, 3.05) is 12.3 Å². The van der Waals surface area contributed by atoms with Crippen molar-refractivity contribution in [1.29, 1.82) is 0 Å². The summed E-state index contributed by atoms with van der Waals surface area (Å²) >= 11 is 0. The number of hydrogen-bond donors (Lipinski definition) is 1. The Hall–Kier alpha value is -1.45. The summed E-state index contributed by atoms with van der Waals surface area (Å²) in [6.45, 7) is 3.41. The van der Waals surface area contributed by atoms with E-state index in [2.05, 4.69) is 6.92 Å². The Morgan fingerprint density at radius 2 is 2.38 bits per heavy atom. The van der Waals surface area contributed by atoms with E-state index in [1.54, 1.807) is 12.3 Å². The van der Waals surface area contributed by atoms with Crippen LogP contribution in [0.3, 0.4) is 0 Å². The summed E-state index contributed by atoms with van der Waals surface area (Å²) in [5.41, 5.74) is 6.87. The van der Waals surface area contributed by atoms with Gasteiger partial charge in [-0.25, -0.2) is 4.79 Å². The largest absolute Gasteiger partial charge is 0.461 e. The van der Waals surface area contributed by atoms with Crippen LogP contribution < -0.4 is 5.73 Å². The van der Waals surface area contributed by atoms with Crippen molar-refractivity contribution in [3.63, 3.8) is 0 Å². The third-order valence-corrected chi connectivity index (χ3v) is 2.74. The monoisotopic (exact) mass is 222 g/mol. The summed E-state index contributed by atoms with van der Waals surface area (Å²) in [6.07, 6.45) is 5.13. The summed E-state index contributed by atoms with van der Waals surface area (Å²) in [6, 6.07) is 1.69. The second-order valence-electron chi connectivity index (χ2n) is 4.39. The molecule has 1 saturated carbocycles. The van der Waals surface area contributed by atoms with Crippen molar-refractivity contribution >= 4 is 11.7 Å². The first-order valence-electron chi connectivity index (χ1n) is 5.83. The van der Waals surface area contributed by atoms with Gasteiger partial charge in [0.05, 0.1) is 12.3 Å². The van der Waals surface area contributed by atoms with Gasteiger partial charge in [-0.1, -0.05) is 6.92 Å². The Balaban J connectivity index is 2.01. The van der Waals surface area contributed by atoms with Gasteiger partial charge in [-0.2, -0.15) is 0 Å². The van der Waals surface area contributed by atoms with Crippen molar-refractivity contribution in [2.24, 2.45) is 5.92 Å². The molecular formula is C12H18N2O2. The molecule has 0 aromatic carbocycles. The number of nitrogens with two attached hydrogens (primary N) is 1. The van der Waals surface area contributed by atoms with Crippen LogP contribution in [0.5, 0.6) is 0 Å². The smallest absolute Gasteiger partial charge is 0.355 e. The minimum atomic E-state index is -0.253. The molecule has 1 aromatic heterocycles. The lowest BCUT2D eigenvalue weighted by Crippen LogP contribution is -2.13. The number of anilines is 1. The number of ether oxygens (including phenoxy) is 1. The van der Waals surface area contributed by atoms with Crippen LogP contribution in [0.1, 0.15) is 36.7 Å². The topological polar surface area (TPSA) is 57.2 Å². The van der Waals surface area contributed by atoms with E-state index in [0.29, 0.717) is 23.9 Å². The van der Waals surface area contributed by atoms with Crippen LogP contribution in [0, 0.1) is 5.92 Å². The number of nitrogen functional groups attached to an aromatic ring is 1. The molecule has 0 bridgehead atoms. The van der Waals surface area contributed by atoms with Gasteiger partial charge in [-0.05, 0) is 31.2 Å². The first-order chi connectivity index (χ1) is 7.70. The van der Waals surface area contributed by atoms with Gasteiger partial charge in [-0.15, -0.1) is 0 Å². The van der Waals surface area contributed by atoms with Gasteiger partial charge in [0.1, 0.15) is 5.69 Å². The highest BCUT2D eigenvalue weighted by atomic mass is 16.5. The summed E-state index contributed by atoms with van der Waals surface area (Å²) in [5, 5.41) is 0. The third kappa shape index (κ3) is 2.56. The molecule has 0 saturated heterocycles. The van der Waals surface area contributed by atoms with E-state index in [4.69, 9.17) is 10.5 Å². The van der Waals surface area contributed by atoms with Crippen molar-refractivity contribution in [3.05, 3.63) is 18.0 Å². The number of aromatic nitrogens is 1. The maximum Gasteiger partial charge on any atom is 0.355 e. The van der Waals surface area contributed by atoms with Crippen molar-refractivity contribution in [1.82, 2.24) is 4.57 Å². The summed E-state index contributed by atoms with van der Waals surface area (Å²) in [4.78, 5) is 11.8. The highest BCUT2D eigenvalue weighted by Crippen LogP contribution is 2.29. The molecule has 4 heteroatoms. The van der Waals surface area contributed by atoms with E-state index in [1.165, 1.54) is 12.8 Å². The van der Waals surface area contributed by atoms with Gasteiger partial charge in [0.15, 0.2) is 0 Å². The van der Waals surface area contributed by atoms with Crippen molar-refractivity contribution < 1.29 is 9.53 Å². The molecule has 1 aliphatic rings. The molecule has 1 aromatic rings. The molecule has 0 amide bonds. The molecule has 0 aliphatic heterocycles. The van der Waals surface area contributed by atoms with Crippen LogP contribution in [-0.4, -0.2) is 17.1 Å². The van der Waals surface area contributed by atoms with Crippen LogP contribution in [0.15, 0.2) is 12.3 Å². The molecule has 1 aliphatic carbocycles. The number of hydrogen-bond acceptors (Lipinski definition) is 3. The molecule has 2 rings (SSSR count). The molecule has 0 atom stereocenters. The summed E-state index contributed by atoms with van der Waals surface area (Å²) in [5.74, 6) is 0.341. The van der Waals surface area contributed by atoms with Crippen LogP contribution in [0.4, 0.5) is 5.69 Å². The van der Waals surface area contributed by atoms with Gasteiger partial charge in [0, 0.05) is 12.7 Å². The van der Waals surface area contributed by atoms with Crippen LogP contribution in [-0.2, 0) is 11.3 Å². The normalized spacial score (nSPS) is 15.1. The molecule has 1 heterocycles. The zero-order valence-electron chi connectivity index (χ0n) is 9.61. The first-order valence-corrected chi connectivity index (χ1v) is 5.83. The molecule has 0 unspecified atom stereocenters. The minimum Gasteiger partial charge on any atom is -0.461 e. The number of nitrogens with zero attached hydrogens (tertiary/aromatic N) is 1. The molecule has 4 nitrogen and oxygen atoms in total. The van der Waals surface area contributed by atoms with Crippen molar-refractivity contribution in [3.8, 4) is 0 Å². The maximum atomic E-state index is 11.8. The Morgan fingerprint density at radius 3 is 3.00 bits per heavy atom. The Kier molecular flexibility index (Phi) is 3.17. The second kappa shape index (κ2) is 4.60. The standard InChI is InChI=1S/C12H18N2O2/c1-2-5-14-7-10(13)6-11(14)12(15)16-8-9-3-4-9/h6-7,9H,2-5,8,13H2,1H3. The molecule has 1 fully saturated rings. The molecule has 0 spiro atoms. The predicted molar refractivity (Wildman–Crippen MR) is 62.1 cm³/mol. The zero-order chi connectivity index (χ0) is 11.5. The zero-order valence-corrected chi connectivity index (χ0v) is 9.61. The number of esters is 1. The maximum absolute atomic E-state index is 11.8. The molecule has 0 radical (unpaired) electrons. The predicted octanol–water partition coefficient (Wildman–Crippen LogP) is 2.05. The lowest BCUT2D eigenvalue weighted by Gasteiger charge is -2.07. The van der Waals surface area contributed by atoms with Gasteiger partial charge < -0.3 is 15.0 Å². The minimum absolute atomic E-state index is 0.253. The van der Waals surface area contributed by atoms with E-state index in [1.807, 2.05) is 4.57 Å². The fraction of sp³-hybridized carbons (Fsp3) is 0.583. The van der Waals surface area contributed by atoms with Crippen LogP contribution >= 0.6 is 0 Å². The Labute approximate surface area is 95.4 Å². The average Bonchev–Trinajstić information content (AvgIpc) is 3.00. The van der Waals surface area contributed by atoms with Gasteiger partial charge >= 0.3 is 5.97 Å². The van der Waals surface area contributed by atoms with Gasteiger partial charge in [0.2, 0.25) is 0 Å². The second-order valence-corrected chi connectivity index (χ2v) is 4.39. The van der Waals surface area contributed by atoms with E-state index in [0.717, 1.165) is 13.0 Å². The number of rotatable bonds is 5. The number of carbonyl (C=O) groups excluding carboxylic acids is 1. The van der Waals surface area contributed by atoms with Gasteiger partial charge in [0.25, 0.3) is 0 Å². The lowest BCUT2D eigenvalue weighted by atomic mass is 10.4. The molecule has 88 valence electrons. The number of aryl methyl sites for hydroxylation is 1. The number of carbonyl (C=O) groups is 1. The quantitative estimate of drug-likeness (QED) is 0.776. The first kappa shape index (κ1) is 11.0. The Bertz CT molecular complexity index is 380. The van der Waals surface area contributed by atoms with Crippen LogP contribution in [0.25, 0.3) is 0 Å². The SMILES string of the molecule is CCCn1cc(N)cc1C(=O)OCC1CC1. The van der Waals surface area contributed by atoms with Gasteiger partial charge in [-0.3, -0.25) is 0 Å². The van der Waals surface area contributed by atoms with E-state index >= 15 is 0 Å². The average molecular weight is 222 g/mol. The highest BCUT2D eigenvalue weighted by Gasteiger charge is 2.24. The van der Waals surface area contributed by atoms with Crippen molar-refractivity contribution in [2.45, 2.75) is 32.7 Å². The summed E-state index contributed by atoms with van der Waals surface area (Å²) in [7, 11) is 0. The molecule has 16 heavy (non-hydrogen) atoms. The Morgan fingerprint density at radius 1 is 1.62 bits per heavy atom. The highest BCUT2D eigenvalue weighted by molar-refractivity contribution is 5.89. The van der Waals surface area contributed by atoms with E-state index in [-0.39, 0.29) is 5.97 Å². The summed E-state index contributed by atoms with van der Waals surface area (Å²) < 4.78 is 7.10. The van der Waals surface area contributed by atoms with E-state index < -0.39 is 0 Å². The van der Waals surface area contributed by atoms with Crippen LogP contribution in [0.2, 0.25) is 0 Å². The van der Waals surface area contributed by atoms with E-state index in [9.17, 15) is 4.79 Å². The fourth-order valence-corrected chi connectivity index (χ4v) is 1.68. The third-order valence-electron chi connectivity index (χ3n) is 2.74. The molecular weight excluding hydrogens is 204 g/mol. The lowest BCUT2D eigenvalue weighted by molar-refractivity contribution is 0.0473.